The van der Waals surface area contributed by atoms with Crippen LogP contribution >= 0.6 is 28.1 Å². The number of rotatable bonds is 3. The number of aromatic nitrogens is 3. The van der Waals surface area contributed by atoms with Gasteiger partial charge in [0.2, 0.25) is 0 Å². The zero-order valence-corrected chi connectivity index (χ0v) is 13.4. The van der Waals surface area contributed by atoms with E-state index in [4.69, 9.17) is 12.2 Å². The standard InChI is InChI=1S/C16H12BrN3S/c17-13-9-6-12(7-10-13)8-11-15-18-19-16(21)20(15)14-4-2-1-3-5-14/h1-11H,(H,19,21)/b11-8+. The lowest BCUT2D eigenvalue weighted by molar-refractivity contribution is 1.02. The van der Waals surface area contributed by atoms with Crippen LogP contribution in [-0.2, 0) is 0 Å². The van der Waals surface area contributed by atoms with Crippen LogP contribution < -0.4 is 0 Å². The fraction of sp³-hybridized carbons (Fsp3) is 0. The molecule has 0 spiro atoms. The number of H-pyrrole nitrogens is 1. The Morgan fingerprint density at radius 1 is 1.00 bits per heavy atom. The zero-order valence-electron chi connectivity index (χ0n) is 11.0. The molecule has 5 heteroatoms. The van der Waals surface area contributed by atoms with Crippen LogP contribution in [-0.4, -0.2) is 14.8 Å². The molecule has 3 nitrogen and oxygen atoms in total. The largest absolute Gasteiger partial charge is 0.269 e. The summed E-state index contributed by atoms with van der Waals surface area (Å²) < 4.78 is 3.55. The van der Waals surface area contributed by atoms with Crippen LogP contribution in [0.3, 0.4) is 0 Å². The van der Waals surface area contributed by atoms with E-state index in [2.05, 4.69) is 26.1 Å². The number of hydrogen-bond acceptors (Lipinski definition) is 2. The summed E-state index contributed by atoms with van der Waals surface area (Å²) in [5.41, 5.74) is 2.10. The van der Waals surface area contributed by atoms with Crippen molar-refractivity contribution in [3.05, 3.63) is 75.2 Å². The van der Waals surface area contributed by atoms with E-state index in [0.29, 0.717) is 4.77 Å². The summed E-state index contributed by atoms with van der Waals surface area (Å²) in [6.07, 6.45) is 3.96. The molecule has 0 radical (unpaired) electrons. The van der Waals surface area contributed by atoms with Crippen LogP contribution in [0.5, 0.6) is 0 Å². The van der Waals surface area contributed by atoms with E-state index >= 15 is 0 Å². The van der Waals surface area contributed by atoms with Gasteiger partial charge in [-0.3, -0.25) is 9.67 Å². The van der Waals surface area contributed by atoms with Crippen molar-refractivity contribution in [2.24, 2.45) is 0 Å². The van der Waals surface area contributed by atoms with Gasteiger partial charge < -0.3 is 0 Å². The summed E-state index contributed by atoms with van der Waals surface area (Å²) in [6, 6.07) is 18.0. The van der Waals surface area contributed by atoms with Gasteiger partial charge in [0.1, 0.15) is 0 Å². The van der Waals surface area contributed by atoms with Crippen molar-refractivity contribution in [1.82, 2.24) is 14.8 Å². The van der Waals surface area contributed by atoms with Crippen molar-refractivity contribution >= 4 is 40.3 Å². The van der Waals surface area contributed by atoms with Crippen molar-refractivity contribution in [2.45, 2.75) is 0 Å². The van der Waals surface area contributed by atoms with E-state index in [1.165, 1.54) is 0 Å². The quantitative estimate of drug-likeness (QED) is 0.678. The van der Waals surface area contributed by atoms with Gasteiger partial charge in [-0.05, 0) is 48.1 Å². The molecule has 0 fully saturated rings. The van der Waals surface area contributed by atoms with E-state index in [-0.39, 0.29) is 0 Å². The molecule has 0 unspecified atom stereocenters. The fourth-order valence-electron chi connectivity index (χ4n) is 1.99. The Morgan fingerprint density at radius 2 is 1.71 bits per heavy atom. The molecule has 2 aromatic carbocycles. The molecule has 0 amide bonds. The maximum absolute atomic E-state index is 5.31. The minimum atomic E-state index is 0.580. The zero-order chi connectivity index (χ0) is 14.7. The van der Waals surface area contributed by atoms with Crippen molar-refractivity contribution in [2.75, 3.05) is 0 Å². The molecule has 3 aromatic rings. The number of nitrogens with one attached hydrogen (secondary N) is 1. The Balaban J connectivity index is 1.97. The molecule has 0 bridgehead atoms. The SMILES string of the molecule is S=c1[nH]nc(/C=C/c2ccc(Br)cc2)n1-c1ccccc1. The van der Waals surface area contributed by atoms with Crippen LogP contribution in [0, 0.1) is 4.77 Å². The lowest BCUT2D eigenvalue weighted by Crippen LogP contribution is -1.96. The summed E-state index contributed by atoms with van der Waals surface area (Å²) in [4.78, 5) is 0. The molecule has 1 heterocycles. The predicted octanol–water partition coefficient (Wildman–Crippen LogP) is 4.86. The summed E-state index contributed by atoms with van der Waals surface area (Å²) in [7, 11) is 0. The highest BCUT2D eigenvalue weighted by molar-refractivity contribution is 9.10. The smallest absolute Gasteiger partial charge is 0.200 e. The van der Waals surface area contributed by atoms with E-state index in [0.717, 1.165) is 21.5 Å². The maximum Gasteiger partial charge on any atom is 0.200 e. The Labute approximate surface area is 136 Å². The lowest BCUT2D eigenvalue weighted by atomic mass is 10.2. The number of halogens is 1. The van der Waals surface area contributed by atoms with Gasteiger partial charge in [-0.25, -0.2) is 0 Å². The van der Waals surface area contributed by atoms with Gasteiger partial charge in [0.25, 0.3) is 0 Å². The van der Waals surface area contributed by atoms with E-state index in [9.17, 15) is 0 Å². The van der Waals surface area contributed by atoms with E-state index in [1.807, 2.05) is 71.3 Å². The molecule has 3 rings (SSSR count). The topological polar surface area (TPSA) is 33.6 Å². The van der Waals surface area contributed by atoms with Gasteiger partial charge in [0.15, 0.2) is 10.6 Å². The van der Waals surface area contributed by atoms with Crippen molar-refractivity contribution < 1.29 is 0 Å². The molecule has 0 saturated carbocycles. The summed E-state index contributed by atoms with van der Waals surface area (Å²) in [5, 5.41) is 7.11. The molecule has 104 valence electrons. The highest BCUT2D eigenvalue weighted by atomic mass is 79.9. The third kappa shape index (κ3) is 3.20. The number of para-hydroxylation sites is 1. The van der Waals surface area contributed by atoms with Crippen LogP contribution in [0.25, 0.3) is 17.8 Å². The molecule has 1 N–H and O–H groups in total. The average Bonchev–Trinajstić information content (AvgIpc) is 2.88. The normalized spacial score (nSPS) is 11.1. The first-order valence-electron chi connectivity index (χ1n) is 6.40. The van der Waals surface area contributed by atoms with Gasteiger partial charge in [-0.15, -0.1) is 0 Å². The molecule has 1 aromatic heterocycles. The Bertz CT molecular complexity index is 817. The van der Waals surface area contributed by atoms with Crippen LogP contribution in [0.15, 0.2) is 59.1 Å². The molecular formula is C16H12BrN3S. The second-order valence-electron chi connectivity index (χ2n) is 4.44. The summed E-state index contributed by atoms with van der Waals surface area (Å²) in [6.45, 7) is 0. The minimum Gasteiger partial charge on any atom is -0.269 e. The molecule has 0 aliphatic heterocycles. The van der Waals surface area contributed by atoms with Crippen LogP contribution in [0.1, 0.15) is 11.4 Å². The van der Waals surface area contributed by atoms with Crippen LogP contribution in [0.4, 0.5) is 0 Å². The second-order valence-corrected chi connectivity index (χ2v) is 5.75. The number of nitrogens with zero attached hydrogens (tertiary/aromatic N) is 2. The highest BCUT2D eigenvalue weighted by Crippen LogP contribution is 2.15. The van der Waals surface area contributed by atoms with Gasteiger partial charge in [-0.2, -0.15) is 5.10 Å². The van der Waals surface area contributed by atoms with Crippen molar-refractivity contribution in [3.63, 3.8) is 0 Å². The molecule has 21 heavy (non-hydrogen) atoms. The number of aromatic amines is 1. The van der Waals surface area contributed by atoms with E-state index < -0.39 is 0 Å². The average molecular weight is 358 g/mol. The summed E-state index contributed by atoms with van der Waals surface area (Å²) >= 11 is 8.74. The second kappa shape index (κ2) is 6.20. The van der Waals surface area contributed by atoms with E-state index in [1.54, 1.807) is 0 Å². The predicted molar refractivity (Wildman–Crippen MR) is 91.8 cm³/mol. The fourth-order valence-corrected chi connectivity index (χ4v) is 2.50. The monoisotopic (exact) mass is 357 g/mol. The van der Waals surface area contributed by atoms with Crippen molar-refractivity contribution in [3.8, 4) is 5.69 Å². The highest BCUT2D eigenvalue weighted by Gasteiger charge is 2.04. The first-order chi connectivity index (χ1) is 10.2. The third-order valence-corrected chi connectivity index (χ3v) is 3.81. The van der Waals surface area contributed by atoms with Crippen LogP contribution in [0.2, 0.25) is 0 Å². The minimum absolute atomic E-state index is 0.580. The number of benzene rings is 2. The first kappa shape index (κ1) is 14.0. The lowest BCUT2D eigenvalue weighted by Gasteiger charge is -2.03. The Morgan fingerprint density at radius 3 is 2.43 bits per heavy atom. The Hall–Kier alpha value is -1.98. The summed E-state index contributed by atoms with van der Waals surface area (Å²) in [5.74, 6) is 0.772. The maximum atomic E-state index is 5.31. The van der Waals surface area contributed by atoms with Gasteiger partial charge in [-0.1, -0.05) is 52.3 Å². The van der Waals surface area contributed by atoms with Gasteiger partial charge in [0.05, 0.1) is 0 Å². The van der Waals surface area contributed by atoms with Gasteiger partial charge in [0, 0.05) is 10.2 Å². The molecule has 0 aliphatic rings. The van der Waals surface area contributed by atoms with Crippen molar-refractivity contribution in [1.29, 1.82) is 0 Å². The third-order valence-electron chi connectivity index (χ3n) is 3.01. The van der Waals surface area contributed by atoms with Gasteiger partial charge >= 0.3 is 0 Å². The molecule has 0 saturated heterocycles. The number of hydrogen-bond donors (Lipinski definition) is 1. The Kier molecular flexibility index (Phi) is 4.13. The molecule has 0 atom stereocenters. The first-order valence-corrected chi connectivity index (χ1v) is 7.61. The molecular weight excluding hydrogens is 346 g/mol. The molecule has 0 aliphatic carbocycles.